The standard InChI is InChI=1S/C24H29ClF2N5O5P/c1-15(34)9-10-30(2)22(35)20-21(31(3)14-33)29-23(32(20)13-17-8-7-16(25)12-28-17)36-18-5-4-6-19(11-18)37-24(26,27)38/h4-8,11-12,14-15,23,29,34H,9-10,13,38H2,1-3H3. The molecular weight excluding hydrogens is 543 g/mol. The number of aliphatic hydroxyl groups is 1. The van der Waals surface area contributed by atoms with Crippen LogP contribution in [-0.2, 0) is 16.1 Å². The van der Waals surface area contributed by atoms with Crippen molar-refractivity contribution in [3.63, 3.8) is 0 Å². The van der Waals surface area contributed by atoms with Crippen LogP contribution in [0.15, 0.2) is 54.1 Å². The van der Waals surface area contributed by atoms with E-state index in [-0.39, 0.29) is 36.1 Å². The maximum Gasteiger partial charge on any atom is 0.408 e. The van der Waals surface area contributed by atoms with Crippen LogP contribution in [0.4, 0.5) is 8.78 Å². The van der Waals surface area contributed by atoms with E-state index in [4.69, 9.17) is 16.3 Å². The number of aromatic nitrogens is 1. The van der Waals surface area contributed by atoms with Gasteiger partial charge in [-0.1, -0.05) is 17.7 Å². The molecule has 2 amide bonds. The average Bonchev–Trinajstić information content (AvgIpc) is 3.19. The number of amides is 2. The molecule has 206 valence electrons. The topological polar surface area (TPSA) is 107 Å². The van der Waals surface area contributed by atoms with Crippen LogP contribution in [0.5, 0.6) is 11.5 Å². The molecule has 0 saturated carbocycles. The molecule has 1 aliphatic heterocycles. The first-order valence-electron chi connectivity index (χ1n) is 11.5. The number of pyridine rings is 1. The second-order valence-electron chi connectivity index (χ2n) is 8.63. The molecule has 14 heteroatoms. The molecule has 0 saturated heterocycles. The molecule has 3 rings (SSSR count). The number of halogens is 3. The predicted octanol–water partition coefficient (Wildman–Crippen LogP) is 2.79. The molecule has 2 heterocycles. The molecular formula is C24H29ClF2N5O5P. The van der Waals surface area contributed by atoms with Crippen molar-refractivity contribution < 1.29 is 33.0 Å². The van der Waals surface area contributed by atoms with Crippen LogP contribution >= 0.6 is 20.8 Å². The number of ether oxygens (including phenoxy) is 2. The van der Waals surface area contributed by atoms with Gasteiger partial charge in [0.2, 0.25) is 6.41 Å². The number of nitrogens with zero attached hydrogens (tertiary/aromatic N) is 4. The molecule has 2 N–H and O–H groups in total. The normalized spacial score (nSPS) is 16.1. The lowest BCUT2D eigenvalue weighted by Crippen LogP contribution is -2.45. The number of hydrogen-bond donors (Lipinski definition) is 2. The zero-order valence-electron chi connectivity index (χ0n) is 21.0. The lowest BCUT2D eigenvalue weighted by Gasteiger charge is -2.30. The number of likely N-dealkylation sites (N-methyl/N-ethyl adjacent to an activating group) is 1. The Morgan fingerprint density at radius 3 is 2.66 bits per heavy atom. The van der Waals surface area contributed by atoms with Crippen molar-refractivity contribution in [3.8, 4) is 11.5 Å². The summed E-state index contributed by atoms with van der Waals surface area (Å²) in [5.41, 5.74) is 0.648. The van der Waals surface area contributed by atoms with Crippen molar-refractivity contribution >= 4 is 33.2 Å². The van der Waals surface area contributed by atoms with Crippen LogP contribution in [0.3, 0.4) is 0 Å². The summed E-state index contributed by atoms with van der Waals surface area (Å²) < 4.78 is 37.3. The molecule has 1 aromatic carbocycles. The zero-order chi connectivity index (χ0) is 28.0. The van der Waals surface area contributed by atoms with Crippen molar-refractivity contribution in [2.75, 3.05) is 20.6 Å². The Balaban J connectivity index is 1.98. The summed E-state index contributed by atoms with van der Waals surface area (Å²) in [6.07, 6.45) is 0.668. The van der Waals surface area contributed by atoms with Gasteiger partial charge in [-0.3, -0.25) is 14.6 Å². The first-order valence-corrected chi connectivity index (χ1v) is 12.5. The molecule has 0 radical (unpaired) electrons. The van der Waals surface area contributed by atoms with E-state index < -0.39 is 24.2 Å². The second kappa shape index (κ2) is 12.6. The Labute approximate surface area is 226 Å². The van der Waals surface area contributed by atoms with Gasteiger partial charge in [-0.15, -0.1) is 0 Å². The highest BCUT2D eigenvalue weighted by Crippen LogP contribution is 2.32. The third kappa shape index (κ3) is 7.89. The maximum atomic E-state index is 13.6. The predicted molar refractivity (Wildman–Crippen MR) is 139 cm³/mol. The molecule has 38 heavy (non-hydrogen) atoms. The fourth-order valence-electron chi connectivity index (χ4n) is 3.55. The van der Waals surface area contributed by atoms with Gasteiger partial charge in [0, 0.05) is 32.9 Å². The number of nitrogens with one attached hydrogen (secondary N) is 1. The first kappa shape index (κ1) is 29.3. The highest BCUT2D eigenvalue weighted by molar-refractivity contribution is 7.17. The number of benzene rings is 1. The number of hydrogen-bond acceptors (Lipinski definition) is 8. The summed E-state index contributed by atoms with van der Waals surface area (Å²) in [6, 6.07) is 8.95. The molecule has 10 nitrogen and oxygen atoms in total. The van der Waals surface area contributed by atoms with Gasteiger partial charge in [0.05, 0.1) is 23.4 Å². The molecule has 0 bridgehead atoms. The largest absolute Gasteiger partial charge is 0.452 e. The van der Waals surface area contributed by atoms with Gasteiger partial charge in [-0.05, 0) is 46.8 Å². The zero-order valence-corrected chi connectivity index (χ0v) is 22.9. The Morgan fingerprint density at radius 2 is 2.05 bits per heavy atom. The number of rotatable bonds is 12. The number of carbonyl (C=O) groups is 2. The molecule has 0 spiro atoms. The number of aliphatic hydroxyl groups excluding tert-OH is 1. The number of alkyl halides is 2. The fraction of sp³-hybridized carbons (Fsp3) is 0.375. The van der Waals surface area contributed by atoms with E-state index in [0.717, 1.165) is 0 Å². The smallest absolute Gasteiger partial charge is 0.408 e. The first-order chi connectivity index (χ1) is 17.9. The van der Waals surface area contributed by atoms with Crippen LogP contribution < -0.4 is 14.8 Å². The minimum Gasteiger partial charge on any atom is -0.452 e. The van der Waals surface area contributed by atoms with Gasteiger partial charge in [0.15, 0.2) is 0 Å². The SMILES string of the molecule is CC(O)CCN(C)C(=O)C1=C(N(C)C=O)NC(Oc2cccc(OC(F)(F)P)c2)N1Cc1ccc(Cl)cn1. The van der Waals surface area contributed by atoms with E-state index in [1.807, 2.05) is 0 Å². The van der Waals surface area contributed by atoms with Gasteiger partial charge in [0.25, 0.3) is 12.3 Å². The summed E-state index contributed by atoms with van der Waals surface area (Å²) in [5, 5.41) is 13.1. The Bertz CT molecular complexity index is 1170. The summed E-state index contributed by atoms with van der Waals surface area (Å²) >= 11 is 5.97. The van der Waals surface area contributed by atoms with E-state index in [1.165, 1.54) is 56.5 Å². The van der Waals surface area contributed by atoms with Gasteiger partial charge >= 0.3 is 5.85 Å². The molecule has 3 atom stereocenters. The second-order valence-corrected chi connectivity index (χ2v) is 9.74. The van der Waals surface area contributed by atoms with Gasteiger partial charge in [-0.2, -0.15) is 8.78 Å². The highest BCUT2D eigenvalue weighted by atomic mass is 35.5. The third-order valence-corrected chi connectivity index (χ3v) is 5.77. The van der Waals surface area contributed by atoms with Gasteiger partial charge in [0.1, 0.15) is 23.0 Å². The van der Waals surface area contributed by atoms with E-state index >= 15 is 0 Å². The lowest BCUT2D eigenvalue weighted by atomic mass is 10.2. The minimum absolute atomic E-state index is 0.0657. The van der Waals surface area contributed by atoms with Crippen molar-refractivity contribution in [1.29, 1.82) is 0 Å². The van der Waals surface area contributed by atoms with E-state index in [1.54, 1.807) is 31.0 Å². The van der Waals surface area contributed by atoms with Crippen LogP contribution in [0.1, 0.15) is 19.0 Å². The maximum absolute atomic E-state index is 13.6. The van der Waals surface area contributed by atoms with Crippen LogP contribution in [-0.4, -0.2) is 76.1 Å². The summed E-state index contributed by atoms with van der Waals surface area (Å²) in [4.78, 5) is 33.8. The highest BCUT2D eigenvalue weighted by Gasteiger charge is 2.40. The van der Waals surface area contributed by atoms with E-state index in [2.05, 4.69) is 15.0 Å². The monoisotopic (exact) mass is 571 g/mol. The fourth-order valence-corrected chi connectivity index (χ4v) is 3.80. The summed E-state index contributed by atoms with van der Waals surface area (Å²) in [7, 11) is 4.34. The number of carbonyl (C=O) groups excluding carboxylic acids is 2. The molecule has 1 aromatic heterocycles. The van der Waals surface area contributed by atoms with Crippen molar-refractivity contribution in [2.24, 2.45) is 0 Å². The third-order valence-electron chi connectivity index (χ3n) is 5.43. The molecule has 3 unspecified atom stereocenters. The Hall–Kier alpha value is -3.21. The lowest BCUT2D eigenvalue weighted by molar-refractivity contribution is -0.129. The Morgan fingerprint density at radius 1 is 1.34 bits per heavy atom. The summed E-state index contributed by atoms with van der Waals surface area (Å²) in [5.74, 6) is -3.74. The Kier molecular flexibility index (Phi) is 9.70. The quantitative estimate of drug-likeness (QED) is 0.296. The van der Waals surface area contributed by atoms with Crippen molar-refractivity contribution in [1.82, 2.24) is 25.0 Å². The van der Waals surface area contributed by atoms with Gasteiger partial charge in [-0.25, -0.2) is 0 Å². The van der Waals surface area contributed by atoms with Crippen LogP contribution in [0.2, 0.25) is 5.02 Å². The van der Waals surface area contributed by atoms with E-state index in [9.17, 15) is 23.5 Å². The molecule has 0 fully saturated rings. The average molecular weight is 572 g/mol. The minimum atomic E-state index is -3.48. The molecule has 2 aromatic rings. The summed E-state index contributed by atoms with van der Waals surface area (Å²) in [6.45, 7) is 1.93. The van der Waals surface area contributed by atoms with E-state index in [0.29, 0.717) is 23.5 Å². The van der Waals surface area contributed by atoms with Crippen LogP contribution in [0, 0.1) is 0 Å². The van der Waals surface area contributed by atoms with Gasteiger partial charge < -0.3 is 34.6 Å². The molecule has 1 aliphatic rings. The van der Waals surface area contributed by atoms with Crippen LogP contribution in [0.25, 0.3) is 0 Å². The van der Waals surface area contributed by atoms with Crippen molar-refractivity contribution in [3.05, 3.63) is 64.8 Å². The van der Waals surface area contributed by atoms with Crippen molar-refractivity contribution in [2.45, 2.75) is 38.2 Å². The molecule has 0 aliphatic carbocycles.